The smallest absolute Gasteiger partial charge is 0.227 e. The molecule has 2 aromatic rings. The van der Waals surface area contributed by atoms with Crippen molar-refractivity contribution in [2.75, 3.05) is 10.2 Å². The predicted octanol–water partition coefficient (Wildman–Crippen LogP) is 2.50. The number of amides is 1. The van der Waals surface area contributed by atoms with Crippen molar-refractivity contribution in [3.8, 4) is 0 Å². The van der Waals surface area contributed by atoms with Gasteiger partial charge in [-0.1, -0.05) is 36.4 Å². The minimum Gasteiger partial charge on any atom is -0.550 e. The fourth-order valence-electron chi connectivity index (χ4n) is 3.39. The van der Waals surface area contributed by atoms with Crippen molar-refractivity contribution in [2.45, 2.75) is 38.3 Å². The second-order valence-electron chi connectivity index (χ2n) is 6.34. The van der Waals surface area contributed by atoms with E-state index in [2.05, 4.69) is 5.32 Å². The van der Waals surface area contributed by atoms with Crippen LogP contribution in [0.4, 0.5) is 11.4 Å². The van der Waals surface area contributed by atoms with Gasteiger partial charge in [-0.25, -0.2) is 0 Å². The summed E-state index contributed by atoms with van der Waals surface area (Å²) in [7, 11) is 0. The topological polar surface area (TPSA) is 72.5 Å². The second kappa shape index (κ2) is 7.38. The Morgan fingerprint density at radius 3 is 2.48 bits per heavy atom. The Morgan fingerprint density at radius 1 is 1.08 bits per heavy atom. The van der Waals surface area contributed by atoms with E-state index in [-0.39, 0.29) is 30.8 Å². The van der Waals surface area contributed by atoms with E-state index in [9.17, 15) is 14.7 Å². The van der Waals surface area contributed by atoms with Crippen LogP contribution in [0.5, 0.6) is 0 Å². The van der Waals surface area contributed by atoms with E-state index in [0.29, 0.717) is 0 Å². The molecule has 1 N–H and O–H groups in total. The minimum atomic E-state index is -1.20. The number of nitrogens with one attached hydrogen (secondary N) is 1. The lowest BCUT2D eigenvalue weighted by atomic mass is 9.91. The molecule has 0 aromatic heterocycles. The number of anilines is 2. The molecule has 0 spiro atoms. The van der Waals surface area contributed by atoms with Gasteiger partial charge in [-0.05, 0) is 43.5 Å². The molecule has 130 valence electrons. The Morgan fingerprint density at radius 2 is 1.76 bits per heavy atom. The van der Waals surface area contributed by atoms with Gasteiger partial charge in [0.1, 0.15) is 0 Å². The maximum absolute atomic E-state index is 12.6. The number of hydrogen-bond donors (Lipinski definition) is 1. The Kier molecular flexibility index (Phi) is 5.03. The van der Waals surface area contributed by atoms with Crippen LogP contribution in [0.2, 0.25) is 0 Å². The summed E-state index contributed by atoms with van der Waals surface area (Å²) in [6.45, 7) is 1.99. The summed E-state index contributed by atoms with van der Waals surface area (Å²) in [5.41, 5.74) is 2.93. The zero-order chi connectivity index (χ0) is 17.8. The van der Waals surface area contributed by atoms with E-state index in [1.54, 1.807) is 4.90 Å². The predicted molar refractivity (Wildman–Crippen MR) is 95.1 cm³/mol. The average Bonchev–Trinajstić information content (AvgIpc) is 2.61. The monoisotopic (exact) mass is 337 g/mol. The SMILES string of the molecule is C[C@@H]1C[C@H](Nc2ccccc2)c2ccccc2N1C(=O)CCC(=O)[O-]. The van der Waals surface area contributed by atoms with Crippen molar-refractivity contribution >= 4 is 23.3 Å². The van der Waals surface area contributed by atoms with Crippen LogP contribution in [0, 0.1) is 0 Å². The molecule has 1 aliphatic rings. The molecule has 0 fully saturated rings. The van der Waals surface area contributed by atoms with Gasteiger partial charge >= 0.3 is 0 Å². The fraction of sp³-hybridized carbons (Fsp3) is 0.300. The lowest BCUT2D eigenvalue weighted by Crippen LogP contribution is -2.44. The number of nitrogens with zero attached hydrogens (tertiary/aromatic N) is 1. The van der Waals surface area contributed by atoms with Gasteiger partial charge in [-0.3, -0.25) is 4.79 Å². The number of aliphatic carboxylic acids is 1. The molecule has 25 heavy (non-hydrogen) atoms. The van der Waals surface area contributed by atoms with Gasteiger partial charge in [0.15, 0.2) is 0 Å². The molecule has 3 rings (SSSR count). The van der Waals surface area contributed by atoms with Crippen LogP contribution in [-0.4, -0.2) is 17.9 Å². The van der Waals surface area contributed by atoms with Gasteiger partial charge in [0.25, 0.3) is 0 Å². The summed E-state index contributed by atoms with van der Waals surface area (Å²) < 4.78 is 0. The summed E-state index contributed by atoms with van der Waals surface area (Å²) in [4.78, 5) is 25.0. The number of benzene rings is 2. The fourth-order valence-corrected chi connectivity index (χ4v) is 3.39. The molecule has 0 unspecified atom stereocenters. The normalized spacial score (nSPS) is 19.2. The van der Waals surface area contributed by atoms with E-state index in [0.717, 1.165) is 23.4 Å². The van der Waals surface area contributed by atoms with Crippen molar-refractivity contribution in [1.82, 2.24) is 0 Å². The molecule has 0 radical (unpaired) electrons. The Labute approximate surface area is 147 Å². The third-order valence-corrected chi connectivity index (χ3v) is 4.52. The molecular weight excluding hydrogens is 316 g/mol. The Hall–Kier alpha value is -2.82. The van der Waals surface area contributed by atoms with E-state index < -0.39 is 5.97 Å². The highest BCUT2D eigenvalue weighted by molar-refractivity contribution is 5.96. The Bertz CT molecular complexity index is 761. The van der Waals surface area contributed by atoms with Gasteiger partial charge in [-0.2, -0.15) is 0 Å². The van der Waals surface area contributed by atoms with Crippen LogP contribution in [0.1, 0.15) is 37.8 Å². The van der Waals surface area contributed by atoms with Gasteiger partial charge in [0.05, 0.1) is 6.04 Å². The highest BCUT2D eigenvalue weighted by Crippen LogP contribution is 2.39. The highest BCUT2D eigenvalue weighted by atomic mass is 16.4. The summed E-state index contributed by atoms with van der Waals surface area (Å²) in [6, 6.07) is 17.8. The van der Waals surface area contributed by atoms with Crippen molar-refractivity contribution in [2.24, 2.45) is 0 Å². The van der Waals surface area contributed by atoms with Crippen molar-refractivity contribution < 1.29 is 14.7 Å². The van der Waals surface area contributed by atoms with E-state index in [1.165, 1.54) is 0 Å². The summed E-state index contributed by atoms with van der Waals surface area (Å²) >= 11 is 0. The second-order valence-corrected chi connectivity index (χ2v) is 6.34. The van der Waals surface area contributed by atoms with Crippen LogP contribution in [0.15, 0.2) is 54.6 Å². The average molecular weight is 337 g/mol. The summed E-state index contributed by atoms with van der Waals surface area (Å²) in [5.74, 6) is -1.38. The Balaban J connectivity index is 1.87. The van der Waals surface area contributed by atoms with Crippen LogP contribution >= 0.6 is 0 Å². The molecule has 0 saturated carbocycles. The molecule has 0 bridgehead atoms. The van der Waals surface area contributed by atoms with Gasteiger partial charge < -0.3 is 20.1 Å². The van der Waals surface area contributed by atoms with E-state index in [1.807, 2.05) is 61.5 Å². The van der Waals surface area contributed by atoms with Crippen LogP contribution in [0.3, 0.4) is 0 Å². The first-order chi connectivity index (χ1) is 12.1. The minimum absolute atomic E-state index is 0.0228. The zero-order valence-corrected chi connectivity index (χ0v) is 14.1. The van der Waals surface area contributed by atoms with Gasteiger partial charge in [0.2, 0.25) is 5.91 Å². The third kappa shape index (κ3) is 3.82. The number of fused-ring (bicyclic) bond motifs is 1. The maximum Gasteiger partial charge on any atom is 0.227 e. The summed E-state index contributed by atoms with van der Waals surface area (Å²) in [6.07, 6.45) is 0.455. The van der Waals surface area contributed by atoms with Gasteiger partial charge in [0, 0.05) is 29.8 Å². The number of carbonyl (C=O) groups excluding carboxylic acids is 2. The molecule has 1 heterocycles. The molecule has 2 atom stereocenters. The van der Waals surface area contributed by atoms with Gasteiger partial charge in [-0.15, -0.1) is 0 Å². The molecule has 2 aromatic carbocycles. The van der Waals surface area contributed by atoms with Crippen LogP contribution < -0.4 is 15.3 Å². The first-order valence-electron chi connectivity index (χ1n) is 8.48. The number of para-hydroxylation sites is 2. The van der Waals surface area contributed by atoms with E-state index in [4.69, 9.17) is 0 Å². The molecule has 1 aliphatic heterocycles. The standard InChI is InChI=1S/C20H22N2O3/c1-14-13-17(21-15-7-3-2-4-8-15)16-9-5-6-10-18(16)22(14)19(23)11-12-20(24)25/h2-10,14,17,21H,11-13H2,1H3,(H,24,25)/p-1/t14-,17+/m1/s1. The first kappa shape index (κ1) is 17.0. The molecule has 5 heteroatoms. The highest BCUT2D eigenvalue weighted by Gasteiger charge is 2.33. The zero-order valence-electron chi connectivity index (χ0n) is 14.1. The lowest BCUT2D eigenvalue weighted by molar-refractivity contribution is -0.305. The first-order valence-corrected chi connectivity index (χ1v) is 8.48. The number of carboxylic acid groups (broad SMARTS) is 1. The lowest BCUT2D eigenvalue weighted by Gasteiger charge is -2.40. The molecule has 0 aliphatic carbocycles. The van der Waals surface area contributed by atoms with Crippen molar-refractivity contribution in [1.29, 1.82) is 0 Å². The number of carbonyl (C=O) groups is 2. The molecule has 1 amide bonds. The quantitative estimate of drug-likeness (QED) is 0.910. The molecular formula is C20H21N2O3-. The van der Waals surface area contributed by atoms with Crippen LogP contribution in [-0.2, 0) is 9.59 Å². The number of hydrogen-bond acceptors (Lipinski definition) is 4. The van der Waals surface area contributed by atoms with Crippen LogP contribution in [0.25, 0.3) is 0 Å². The third-order valence-electron chi connectivity index (χ3n) is 4.52. The number of carboxylic acids is 1. The van der Waals surface area contributed by atoms with E-state index >= 15 is 0 Å². The van der Waals surface area contributed by atoms with Crippen molar-refractivity contribution in [3.63, 3.8) is 0 Å². The molecule has 0 saturated heterocycles. The molecule has 5 nitrogen and oxygen atoms in total. The maximum atomic E-state index is 12.6. The summed E-state index contributed by atoms with van der Waals surface area (Å²) in [5, 5.41) is 14.2. The van der Waals surface area contributed by atoms with Crippen molar-refractivity contribution in [3.05, 3.63) is 60.2 Å². The largest absolute Gasteiger partial charge is 0.550 e. The number of rotatable bonds is 5.